The van der Waals surface area contributed by atoms with E-state index >= 15 is 0 Å². The Hall–Kier alpha value is -8.46. The lowest BCUT2D eigenvalue weighted by atomic mass is 9.87. The molecule has 12 rings (SSSR count). The van der Waals surface area contributed by atoms with E-state index < -0.39 is 0 Å². The molecule has 0 bridgehead atoms. The molecule has 2 heteroatoms. The standard InChI is InChI=1S/C62H41NO/c1-2-17-42(18-3-1)48-20-6-8-23-52(48)55-26-10-11-27-56(55)53-24-9-7-21-49(53)43-33-37-46(38-34-43)63(59-41-45-19-4-5-22-50(45)54-25-12-13-28-57(54)59)47-39-35-44(36-40-47)51-30-16-32-61-62(51)58-29-14-15-31-60(58)64-61/h1-41H. The van der Waals surface area contributed by atoms with Crippen molar-refractivity contribution in [1.29, 1.82) is 0 Å². The molecule has 0 aliphatic heterocycles. The number of fused-ring (bicyclic) bond motifs is 6. The molecule has 1 heterocycles. The maximum Gasteiger partial charge on any atom is 0.136 e. The second-order valence-electron chi connectivity index (χ2n) is 16.4. The van der Waals surface area contributed by atoms with Gasteiger partial charge in [-0.15, -0.1) is 0 Å². The molecule has 11 aromatic carbocycles. The van der Waals surface area contributed by atoms with Crippen LogP contribution in [0.15, 0.2) is 253 Å². The van der Waals surface area contributed by atoms with E-state index in [0.29, 0.717) is 0 Å². The fourth-order valence-electron chi connectivity index (χ4n) is 9.75. The first kappa shape index (κ1) is 37.3. The van der Waals surface area contributed by atoms with Crippen molar-refractivity contribution in [2.24, 2.45) is 0 Å². The largest absolute Gasteiger partial charge is 0.456 e. The predicted octanol–water partition coefficient (Wildman–Crippen LogP) is 17.7. The normalized spacial score (nSPS) is 11.4. The van der Waals surface area contributed by atoms with Crippen molar-refractivity contribution in [3.05, 3.63) is 249 Å². The second kappa shape index (κ2) is 15.8. The molecular formula is C62H41NO. The van der Waals surface area contributed by atoms with Gasteiger partial charge in [-0.25, -0.2) is 0 Å². The third kappa shape index (κ3) is 6.44. The van der Waals surface area contributed by atoms with E-state index in [1.165, 1.54) is 60.5 Å². The number of para-hydroxylation sites is 1. The van der Waals surface area contributed by atoms with Gasteiger partial charge in [0.15, 0.2) is 0 Å². The summed E-state index contributed by atoms with van der Waals surface area (Å²) in [6, 6.07) is 89.7. The minimum atomic E-state index is 0.897. The molecular weight excluding hydrogens is 775 g/mol. The maximum absolute atomic E-state index is 6.28. The zero-order chi connectivity index (χ0) is 42.4. The lowest BCUT2D eigenvalue weighted by Crippen LogP contribution is -2.10. The van der Waals surface area contributed by atoms with Crippen LogP contribution in [-0.2, 0) is 0 Å². The summed E-state index contributed by atoms with van der Waals surface area (Å²) in [5.41, 5.74) is 17.0. The van der Waals surface area contributed by atoms with Crippen LogP contribution in [0.4, 0.5) is 17.1 Å². The Kier molecular flexibility index (Phi) is 9.20. The van der Waals surface area contributed by atoms with Gasteiger partial charge >= 0.3 is 0 Å². The van der Waals surface area contributed by atoms with Crippen molar-refractivity contribution < 1.29 is 4.42 Å². The van der Waals surface area contributed by atoms with E-state index in [1.807, 2.05) is 12.1 Å². The van der Waals surface area contributed by atoms with Crippen molar-refractivity contribution in [2.45, 2.75) is 0 Å². The first-order chi connectivity index (χ1) is 31.8. The summed E-state index contributed by atoms with van der Waals surface area (Å²) < 4.78 is 6.28. The Morgan fingerprint density at radius 3 is 1.31 bits per heavy atom. The van der Waals surface area contributed by atoms with E-state index in [-0.39, 0.29) is 0 Å². The molecule has 0 aliphatic carbocycles. The quantitative estimate of drug-likeness (QED) is 0.142. The number of benzene rings is 11. The summed E-state index contributed by atoms with van der Waals surface area (Å²) in [5.74, 6) is 0. The van der Waals surface area contributed by atoms with E-state index in [2.05, 4.69) is 241 Å². The van der Waals surface area contributed by atoms with E-state index in [4.69, 9.17) is 4.42 Å². The third-order valence-corrected chi connectivity index (χ3v) is 12.7. The molecule has 300 valence electrons. The zero-order valence-electron chi connectivity index (χ0n) is 35.0. The highest BCUT2D eigenvalue weighted by Crippen LogP contribution is 2.46. The number of nitrogens with zero attached hydrogens (tertiary/aromatic N) is 1. The summed E-state index contributed by atoms with van der Waals surface area (Å²) in [4.78, 5) is 2.41. The predicted molar refractivity (Wildman–Crippen MR) is 271 cm³/mol. The van der Waals surface area contributed by atoms with Gasteiger partial charge in [0.05, 0.1) is 5.69 Å². The van der Waals surface area contributed by atoms with Gasteiger partial charge in [-0.1, -0.05) is 206 Å². The summed E-state index contributed by atoms with van der Waals surface area (Å²) in [6.45, 7) is 0. The minimum absolute atomic E-state index is 0.897. The summed E-state index contributed by atoms with van der Waals surface area (Å²) in [6.07, 6.45) is 0. The Balaban J connectivity index is 0.986. The van der Waals surface area contributed by atoms with Gasteiger partial charge < -0.3 is 9.32 Å². The summed E-state index contributed by atoms with van der Waals surface area (Å²) in [5, 5.41) is 7.15. The van der Waals surface area contributed by atoms with Crippen LogP contribution in [0.3, 0.4) is 0 Å². The van der Waals surface area contributed by atoms with Crippen LogP contribution in [0.1, 0.15) is 0 Å². The first-order valence-corrected chi connectivity index (χ1v) is 21.9. The van der Waals surface area contributed by atoms with Crippen molar-refractivity contribution in [1.82, 2.24) is 0 Å². The SMILES string of the molecule is c1ccc(-c2ccccc2-c2ccccc2-c2ccccc2-c2ccc(N(c3ccc(-c4cccc5oc6ccccc6c45)cc3)c3cc4ccccc4c4ccccc34)cc2)cc1. The van der Waals surface area contributed by atoms with Gasteiger partial charge in [0, 0.05) is 27.5 Å². The smallest absolute Gasteiger partial charge is 0.136 e. The Morgan fingerprint density at radius 1 is 0.266 bits per heavy atom. The number of hydrogen-bond acceptors (Lipinski definition) is 2. The Morgan fingerprint density at radius 2 is 0.688 bits per heavy atom. The molecule has 0 saturated carbocycles. The van der Waals surface area contributed by atoms with Crippen LogP contribution in [0, 0.1) is 0 Å². The van der Waals surface area contributed by atoms with Gasteiger partial charge in [0.1, 0.15) is 11.2 Å². The van der Waals surface area contributed by atoms with Crippen LogP contribution in [0.2, 0.25) is 0 Å². The summed E-state index contributed by atoms with van der Waals surface area (Å²) in [7, 11) is 0. The van der Waals surface area contributed by atoms with E-state index in [0.717, 1.165) is 55.7 Å². The van der Waals surface area contributed by atoms with Gasteiger partial charge in [0.2, 0.25) is 0 Å². The fraction of sp³-hybridized carbons (Fsp3) is 0. The molecule has 0 saturated heterocycles. The Bertz CT molecular complexity index is 3660. The van der Waals surface area contributed by atoms with Crippen LogP contribution in [-0.4, -0.2) is 0 Å². The molecule has 0 radical (unpaired) electrons. The molecule has 0 fully saturated rings. The van der Waals surface area contributed by atoms with Gasteiger partial charge in [-0.3, -0.25) is 0 Å². The highest BCUT2D eigenvalue weighted by molar-refractivity contribution is 6.15. The third-order valence-electron chi connectivity index (χ3n) is 12.7. The molecule has 12 aromatic rings. The zero-order valence-corrected chi connectivity index (χ0v) is 35.0. The van der Waals surface area contributed by atoms with Crippen LogP contribution in [0.25, 0.3) is 99.1 Å². The lowest BCUT2D eigenvalue weighted by Gasteiger charge is -2.28. The van der Waals surface area contributed by atoms with Gasteiger partial charge in [-0.05, 0) is 114 Å². The number of anilines is 3. The lowest BCUT2D eigenvalue weighted by molar-refractivity contribution is 0.669. The summed E-state index contributed by atoms with van der Waals surface area (Å²) >= 11 is 0. The molecule has 0 spiro atoms. The topological polar surface area (TPSA) is 16.4 Å². The van der Waals surface area contributed by atoms with Crippen molar-refractivity contribution >= 4 is 60.5 Å². The first-order valence-electron chi connectivity index (χ1n) is 21.9. The minimum Gasteiger partial charge on any atom is -0.456 e. The average Bonchev–Trinajstić information content (AvgIpc) is 3.76. The number of furan rings is 1. The van der Waals surface area contributed by atoms with Gasteiger partial charge in [0.25, 0.3) is 0 Å². The van der Waals surface area contributed by atoms with Crippen LogP contribution < -0.4 is 4.90 Å². The van der Waals surface area contributed by atoms with Crippen molar-refractivity contribution in [3.63, 3.8) is 0 Å². The van der Waals surface area contributed by atoms with E-state index in [9.17, 15) is 0 Å². The van der Waals surface area contributed by atoms with Crippen molar-refractivity contribution in [2.75, 3.05) is 4.90 Å². The molecule has 0 aliphatic rings. The van der Waals surface area contributed by atoms with Crippen LogP contribution >= 0.6 is 0 Å². The molecule has 0 N–H and O–H groups in total. The second-order valence-corrected chi connectivity index (χ2v) is 16.4. The highest BCUT2D eigenvalue weighted by Gasteiger charge is 2.20. The Labute approximate surface area is 372 Å². The molecule has 1 aromatic heterocycles. The number of hydrogen-bond donors (Lipinski definition) is 0. The fourth-order valence-corrected chi connectivity index (χ4v) is 9.75. The molecule has 2 nitrogen and oxygen atoms in total. The van der Waals surface area contributed by atoms with Gasteiger partial charge in [-0.2, -0.15) is 0 Å². The maximum atomic E-state index is 6.28. The van der Waals surface area contributed by atoms with Crippen molar-refractivity contribution in [3.8, 4) is 55.6 Å². The molecule has 0 atom stereocenters. The number of rotatable bonds is 8. The van der Waals surface area contributed by atoms with Crippen LogP contribution in [0.5, 0.6) is 0 Å². The monoisotopic (exact) mass is 815 g/mol. The molecule has 0 unspecified atom stereocenters. The molecule has 0 amide bonds. The average molecular weight is 816 g/mol. The molecule has 64 heavy (non-hydrogen) atoms. The highest BCUT2D eigenvalue weighted by atomic mass is 16.3. The van der Waals surface area contributed by atoms with E-state index in [1.54, 1.807) is 0 Å².